The summed E-state index contributed by atoms with van der Waals surface area (Å²) in [7, 11) is 0. The zero-order valence-electron chi connectivity index (χ0n) is 19.0. The molecular formula is C22H22Cl2N6O4S. The Morgan fingerprint density at radius 1 is 1.20 bits per heavy atom. The first-order chi connectivity index (χ1) is 16.5. The number of thioether (sulfide) groups is 1. The molecule has 3 rings (SSSR count). The number of aromatic amines is 1. The molecule has 2 aromatic carbocycles. The Balaban J connectivity index is 1.62. The van der Waals surface area contributed by atoms with E-state index >= 15 is 0 Å². The first-order valence-electron chi connectivity index (χ1n) is 10.4. The molecule has 3 N–H and O–H groups in total. The molecule has 0 saturated heterocycles. The second kappa shape index (κ2) is 11.5. The van der Waals surface area contributed by atoms with E-state index in [-0.39, 0.29) is 39.8 Å². The monoisotopic (exact) mass is 536 g/mol. The zero-order valence-corrected chi connectivity index (χ0v) is 21.3. The van der Waals surface area contributed by atoms with E-state index in [1.807, 2.05) is 13.8 Å². The Kier molecular flexibility index (Phi) is 8.71. The van der Waals surface area contributed by atoms with Crippen molar-refractivity contribution in [2.45, 2.75) is 32.0 Å². The van der Waals surface area contributed by atoms with Gasteiger partial charge < -0.3 is 10.6 Å². The number of hydrogen-bond donors (Lipinski definition) is 3. The topological polar surface area (TPSA) is 143 Å². The van der Waals surface area contributed by atoms with Crippen molar-refractivity contribution in [3.8, 4) is 0 Å². The summed E-state index contributed by atoms with van der Waals surface area (Å²) in [5.41, 5.74) is 1.03. The van der Waals surface area contributed by atoms with Crippen LogP contribution in [0.4, 0.5) is 11.4 Å². The van der Waals surface area contributed by atoms with Crippen LogP contribution >= 0.6 is 35.0 Å². The summed E-state index contributed by atoms with van der Waals surface area (Å²) < 4.78 is 0. The third-order valence-electron chi connectivity index (χ3n) is 4.93. The summed E-state index contributed by atoms with van der Waals surface area (Å²) in [5.74, 6) is -0.377. The molecule has 13 heteroatoms. The molecule has 1 aromatic heterocycles. The highest BCUT2D eigenvalue weighted by atomic mass is 35.5. The van der Waals surface area contributed by atoms with Crippen molar-refractivity contribution in [3.63, 3.8) is 0 Å². The number of nitro benzene ring substituents is 1. The molecule has 0 fully saturated rings. The van der Waals surface area contributed by atoms with Crippen LogP contribution in [-0.4, -0.2) is 37.7 Å². The van der Waals surface area contributed by atoms with Crippen LogP contribution in [-0.2, 0) is 4.79 Å². The Hall–Kier alpha value is -3.15. The maximum atomic E-state index is 12.7. The molecule has 1 atom stereocenters. The zero-order chi connectivity index (χ0) is 25.7. The van der Waals surface area contributed by atoms with Crippen LogP contribution in [0.5, 0.6) is 0 Å². The van der Waals surface area contributed by atoms with E-state index in [0.717, 1.165) is 11.8 Å². The Morgan fingerprint density at radius 2 is 1.94 bits per heavy atom. The van der Waals surface area contributed by atoms with E-state index in [2.05, 4.69) is 25.8 Å². The second-order valence-electron chi connectivity index (χ2n) is 7.92. The van der Waals surface area contributed by atoms with Gasteiger partial charge in [-0.2, -0.15) is 0 Å². The van der Waals surface area contributed by atoms with E-state index < -0.39 is 11.0 Å². The van der Waals surface area contributed by atoms with Gasteiger partial charge in [0.2, 0.25) is 11.1 Å². The van der Waals surface area contributed by atoms with Crippen molar-refractivity contribution in [3.05, 3.63) is 73.5 Å². The van der Waals surface area contributed by atoms with Crippen molar-refractivity contribution in [1.29, 1.82) is 0 Å². The molecule has 2 amide bonds. The molecule has 35 heavy (non-hydrogen) atoms. The average molecular weight is 537 g/mol. The fraction of sp³-hybridized carbons (Fsp3) is 0.273. The van der Waals surface area contributed by atoms with Gasteiger partial charge in [-0.25, -0.2) is 4.98 Å². The minimum absolute atomic E-state index is 0.0158. The minimum Gasteiger partial charge on any atom is -0.342 e. The SMILES string of the molecule is Cc1ccc(NC(=O)CSc2n[nH]c([C@H](NC(=O)c3ccc(Cl)cc3Cl)C(C)C)n2)cc1[N+](=O)[O-]. The van der Waals surface area contributed by atoms with Crippen molar-refractivity contribution < 1.29 is 14.5 Å². The molecule has 0 unspecified atom stereocenters. The first-order valence-corrected chi connectivity index (χ1v) is 12.1. The number of hydrogen-bond acceptors (Lipinski definition) is 7. The van der Waals surface area contributed by atoms with E-state index in [9.17, 15) is 19.7 Å². The summed E-state index contributed by atoms with van der Waals surface area (Å²) in [5, 5.41) is 24.5. The number of nitrogens with zero attached hydrogens (tertiary/aromatic N) is 3. The van der Waals surface area contributed by atoms with Gasteiger partial charge in [-0.15, -0.1) is 5.10 Å². The van der Waals surface area contributed by atoms with Gasteiger partial charge in [0.05, 0.1) is 27.3 Å². The molecule has 10 nitrogen and oxygen atoms in total. The molecule has 0 aliphatic heterocycles. The van der Waals surface area contributed by atoms with E-state index in [4.69, 9.17) is 23.2 Å². The molecule has 0 bridgehead atoms. The Bertz CT molecular complexity index is 1270. The molecule has 0 aliphatic carbocycles. The largest absolute Gasteiger partial charge is 0.342 e. The molecule has 1 heterocycles. The third kappa shape index (κ3) is 6.93. The lowest BCUT2D eigenvalue weighted by Gasteiger charge is -2.20. The van der Waals surface area contributed by atoms with Crippen molar-refractivity contribution in [2.24, 2.45) is 5.92 Å². The number of H-pyrrole nitrogens is 1. The standard InChI is InChI=1S/C22H22Cl2N6O4S/c1-11(2)19(26-21(32)15-7-5-13(23)8-16(15)24)20-27-22(29-28-20)35-10-18(31)25-14-6-4-12(3)17(9-14)30(33)34/h4-9,11,19H,10H2,1-3H3,(H,25,31)(H,26,32)(H,27,28,29)/t19-/m1/s1. The number of nitro groups is 1. The predicted octanol–water partition coefficient (Wildman–Crippen LogP) is 5.19. The summed E-state index contributed by atoms with van der Waals surface area (Å²) in [6, 6.07) is 8.60. The molecule has 184 valence electrons. The van der Waals surface area contributed by atoms with Crippen molar-refractivity contribution in [2.75, 3.05) is 11.1 Å². The molecule has 0 saturated carbocycles. The first kappa shape index (κ1) is 26.5. The maximum absolute atomic E-state index is 12.7. The Morgan fingerprint density at radius 3 is 2.60 bits per heavy atom. The van der Waals surface area contributed by atoms with Crippen molar-refractivity contribution >= 4 is 58.2 Å². The summed E-state index contributed by atoms with van der Waals surface area (Å²) in [4.78, 5) is 40.0. The van der Waals surface area contributed by atoms with Crippen LogP contribution in [0, 0.1) is 23.0 Å². The van der Waals surface area contributed by atoms with Gasteiger partial charge >= 0.3 is 0 Å². The normalized spacial score (nSPS) is 11.8. The van der Waals surface area contributed by atoms with Gasteiger partial charge in [0, 0.05) is 22.3 Å². The number of nitrogens with one attached hydrogen (secondary N) is 3. The van der Waals surface area contributed by atoms with Crippen LogP contribution in [0.3, 0.4) is 0 Å². The molecule has 0 spiro atoms. The van der Waals surface area contributed by atoms with Gasteiger partial charge in [-0.3, -0.25) is 24.8 Å². The van der Waals surface area contributed by atoms with Crippen LogP contribution in [0.1, 0.15) is 41.6 Å². The minimum atomic E-state index is -0.500. The number of aromatic nitrogens is 3. The van der Waals surface area contributed by atoms with Gasteiger partial charge in [-0.1, -0.05) is 54.9 Å². The van der Waals surface area contributed by atoms with Crippen LogP contribution in [0.25, 0.3) is 0 Å². The highest BCUT2D eigenvalue weighted by molar-refractivity contribution is 7.99. The number of benzene rings is 2. The summed E-state index contributed by atoms with van der Waals surface area (Å²) in [6.07, 6.45) is 0. The smallest absolute Gasteiger partial charge is 0.274 e. The molecule has 0 aliphatic rings. The van der Waals surface area contributed by atoms with Crippen LogP contribution < -0.4 is 10.6 Å². The van der Waals surface area contributed by atoms with Gasteiger partial charge in [-0.05, 0) is 37.1 Å². The van der Waals surface area contributed by atoms with Crippen LogP contribution in [0.2, 0.25) is 10.0 Å². The average Bonchev–Trinajstić information content (AvgIpc) is 3.25. The lowest BCUT2D eigenvalue weighted by atomic mass is 10.0. The molecule has 3 aromatic rings. The van der Waals surface area contributed by atoms with Crippen molar-refractivity contribution in [1.82, 2.24) is 20.5 Å². The second-order valence-corrected chi connectivity index (χ2v) is 9.70. The highest BCUT2D eigenvalue weighted by Crippen LogP contribution is 2.26. The number of anilines is 1. The van der Waals surface area contributed by atoms with Gasteiger partial charge in [0.1, 0.15) is 5.82 Å². The predicted molar refractivity (Wildman–Crippen MR) is 135 cm³/mol. The van der Waals surface area contributed by atoms with Gasteiger partial charge in [0.15, 0.2) is 0 Å². The number of aryl methyl sites for hydroxylation is 1. The number of carbonyl (C=O) groups excluding carboxylic acids is 2. The lowest BCUT2D eigenvalue weighted by Crippen LogP contribution is -2.32. The number of amides is 2. The van der Waals surface area contributed by atoms with E-state index in [0.29, 0.717) is 27.3 Å². The quantitative estimate of drug-likeness (QED) is 0.194. The van der Waals surface area contributed by atoms with Crippen LogP contribution in [0.15, 0.2) is 41.6 Å². The lowest BCUT2D eigenvalue weighted by molar-refractivity contribution is -0.385. The Labute approximate surface area is 215 Å². The fourth-order valence-electron chi connectivity index (χ4n) is 3.12. The number of halogens is 2. The van der Waals surface area contributed by atoms with E-state index in [1.165, 1.54) is 12.1 Å². The van der Waals surface area contributed by atoms with E-state index in [1.54, 1.807) is 31.2 Å². The molecular weight excluding hydrogens is 515 g/mol. The summed E-state index contributed by atoms with van der Waals surface area (Å²) in [6.45, 7) is 5.45. The molecule has 0 radical (unpaired) electrons. The number of rotatable bonds is 9. The summed E-state index contributed by atoms with van der Waals surface area (Å²) >= 11 is 13.1. The maximum Gasteiger partial charge on any atom is 0.274 e. The highest BCUT2D eigenvalue weighted by Gasteiger charge is 2.24. The number of carbonyl (C=O) groups is 2. The van der Waals surface area contributed by atoms with Gasteiger partial charge in [0.25, 0.3) is 11.6 Å². The third-order valence-corrected chi connectivity index (χ3v) is 6.32. The fourth-order valence-corrected chi connectivity index (χ4v) is 4.22.